The molecule has 0 aromatic heterocycles. The molecule has 1 amide bonds. The first kappa shape index (κ1) is 13.1. The fourth-order valence-corrected chi connectivity index (χ4v) is 1.15. The van der Waals surface area contributed by atoms with Gasteiger partial charge in [0.15, 0.2) is 0 Å². The normalized spacial score (nSPS) is 10.3. The number of para-hydroxylation sites is 1. The van der Waals surface area contributed by atoms with E-state index >= 15 is 0 Å². The quantitative estimate of drug-likeness (QED) is 0.627. The second-order valence-corrected chi connectivity index (χ2v) is 3.91. The molecular formula is C11H14N2O4. The summed E-state index contributed by atoms with van der Waals surface area (Å²) in [6.07, 6.45) is 0. The minimum Gasteiger partial charge on any atom is -0.273 e. The molecule has 0 heterocycles. The van der Waals surface area contributed by atoms with Gasteiger partial charge >= 0.3 is 0 Å². The summed E-state index contributed by atoms with van der Waals surface area (Å²) in [6.45, 7) is 4.21. The van der Waals surface area contributed by atoms with Crippen LogP contribution in [0.5, 0.6) is 0 Å². The summed E-state index contributed by atoms with van der Waals surface area (Å²) in [6, 6.07) is 5.72. The largest absolute Gasteiger partial charge is 0.282 e. The highest BCUT2D eigenvalue weighted by molar-refractivity contribution is 5.97. The number of rotatable bonds is 5. The van der Waals surface area contributed by atoms with Crippen molar-refractivity contribution in [3.63, 3.8) is 0 Å². The van der Waals surface area contributed by atoms with Crippen molar-refractivity contribution in [2.45, 2.75) is 13.8 Å². The van der Waals surface area contributed by atoms with E-state index in [0.29, 0.717) is 6.61 Å². The summed E-state index contributed by atoms with van der Waals surface area (Å²) in [5, 5.41) is 10.7. The Hall–Kier alpha value is -1.95. The minimum atomic E-state index is -0.613. The van der Waals surface area contributed by atoms with Crippen LogP contribution in [0.15, 0.2) is 24.3 Å². The lowest BCUT2D eigenvalue weighted by Crippen LogP contribution is -2.26. The number of nitrogens with one attached hydrogen (secondary N) is 1. The Labute approximate surface area is 98.7 Å². The van der Waals surface area contributed by atoms with Gasteiger partial charge < -0.3 is 0 Å². The third-order valence-corrected chi connectivity index (χ3v) is 1.93. The number of carbonyl (C=O) groups is 1. The number of nitrogens with zero attached hydrogens (tertiary/aromatic N) is 1. The van der Waals surface area contributed by atoms with Crippen molar-refractivity contribution in [2.24, 2.45) is 5.92 Å². The average Bonchev–Trinajstić information content (AvgIpc) is 2.28. The van der Waals surface area contributed by atoms with E-state index in [9.17, 15) is 14.9 Å². The van der Waals surface area contributed by atoms with Crippen molar-refractivity contribution >= 4 is 11.6 Å². The van der Waals surface area contributed by atoms with Crippen LogP contribution < -0.4 is 5.48 Å². The van der Waals surface area contributed by atoms with Gasteiger partial charge in [0.05, 0.1) is 11.5 Å². The number of nitro groups is 1. The molecule has 0 bridgehead atoms. The van der Waals surface area contributed by atoms with E-state index in [1.165, 1.54) is 18.2 Å². The van der Waals surface area contributed by atoms with Crippen LogP contribution in [0.1, 0.15) is 24.2 Å². The Bertz CT molecular complexity index is 418. The highest BCUT2D eigenvalue weighted by Crippen LogP contribution is 2.17. The van der Waals surface area contributed by atoms with Gasteiger partial charge in [-0.3, -0.25) is 19.7 Å². The molecule has 0 atom stereocenters. The molecule has 17 heavy (non-hydrogen) atoms. The minimum absolute atomic E-state index is 0.0127. The Kier molecular flexibility index (Phi) is 4.59. The van der Waals surface area contributed by atoms with E-state index in [-0.39, 0.29) is 17.2 Å². The molecule has 0 aliphatic carbocycles. The third kappa shape index (κ3) is 3.84. The molecule has 0 fully saturated rings. The number of hydrogen-bond acceptors (Lipinski definition) is 4. The maximum Gasteiger partial charge on any atom is 0.282 e. The van der Waals surface area contributed by atoms with Crippen molar-refractivity contribution in [1.82, 2.24) is 5.48 Å². The van der Waals surface area contributed by atoms with E-state index in [0.717, 1.165) is 0 Å². The third-order valence-electron chi connectivity index (χ3n) is 1.93. The number of nitro benzene ring substituents is 1. The van der Waals surface area contributed by atoms with E-state index in [4.69, 9.17) is 4.84 Å². The van der Waals surface area contributed by atoms with Gasteiger partial charge in [-0.25, -0.2) is 5.48 Å². The van der Waals surface area contributed by atoms with Gasteiger partial charge in [0.25, 0.3) is 11.6 Å². The number of hydrogen-bond donors (Lipinski definition) is 1. The molecule has 0 radical (unpaired) electrons. The smallest absolute Gasteiger partial charge is 0.273 e. The van der Waals surface area contributed by atoms with Crippen molar-refractivity contribution in [3.8, 4) is 0 Å². The highest BCUT2D eigenvalue weighted by atomic mass is 16.7. The van der Waals surface area contributed by atoms with Crippen molar-refractivity contribution in [2.75, 3.05) is 6.61 Å². The molecule has 1 aromatic carbocycles. The van der Waals surface area contributed by atoms with Gasteiger partial charge in [-0.2, -0.15) is 0 Å². The SMILES string of the molecule is CC(C)CONC(=O)c1ccccc1[N+](=O)[O-]. The zero-order chi connectivity index (χ0) is 12.8. The summed E-state index contributed by atoms with van der Waals surface area (Å²) >= 11 is 0. The molecule has 0 saturated carbocycles. The second-order valence-electron chi connectivity index (χ2n) is 3.91. The van der Waals surface area contributed by atoms with Crippen molar-refractivity contribution in [1.29, 1.82) is 0 Å². The van der Waals surface area contributed by atoms with Crippen LogP contribution in [0.4, 0.5) is 5.69 Å². The summed E-state index contributed by atoms with van der Waals surface area (Å²) in [5.74, 6) is -0.348. The Morgan fingerprint density at radius 3 is 2.71 bits per heavy atom. The lowest BCUT2D eigenvalue weighted by atomic mass is 10.2. The summed E-state index contributed by atoms with van der Waals surface area (Å²) in [7, 11) is 0. The van der Waals surface area contributed by atoms with Crippen molar-refractivity contribution < 1.29 is 14.6 Å². The molecule has 0 aliphatic rings. The molecule has 1 rings (SSSR count). The zero-order valence-electron chi connectivity index (χ0n) is 9.67. The monoisotopic (exact) mass is 238 g/mol. The van der Waals surface area contributed by atoms with Gasteiger partial charge in [0, 0.05) is 6.07 Å². The molecule has 1 N–H and O–H groups in total. The van der Waals surface area contributed by atoms with E-state index in [1.807, 2.05) is 13.8 Å². The van der Waals surface area contributed by atoms with Crippen LogP contribution >= 0.6 is 0 Å². The molecule has 0 unspecified atom stereocenters. The van der Waals surface area contributed by atoms with Crippen LogP contribution in [-0.4, -0.2) is 17.4 Å². The van der Waals surface area contributed by atoms with Crippen LogP contribution in [-0.2, 0) is 4.84 Å². The van der Waals surface area contributed by atoms with Crippen LogP contribution in [0.2, 0.25) is 0 Å². The van der Waals surface area contributed by atoms with Crippen LogP contribution in [0.25, 0.3) is 0 Å². The maximum absolute atomic E-state index is 11.6. The van der Waals surface area contributed by atoms with Gasteiger partial charge in [-0.05, 0) is 12.0 Å². The van der Waals surface area contributed by atoms with E-state index < -0.39 is 10.8 Å². The summed E-state index contributed by atoms with van der Waals surface area (Å²) in [4.78, 5) is 26.6. The van der Waals surface area contributed by atoms with Crippen molar-refractivity contribution in [3.05, 3.63) is 39.9 Å². The Morgan fingerprint density at radius 2 is 2.12 bits per heavy atom. The fraction of sp³-hybridized carbons (Fsp3) is 0.364. The number of amides is 1. The van der Waals surface area contributed by atoms with Gasteiger partial charge in [0.1, 0.15) is 5.56 Å². The van der Waals surface area contributed by atoms with Crippen LogP contribution in [0, 0.1) is 16.0 Å². The first-order valence-corrected chi connectivity index (χ1v) is 5.18. The molecular weight excluding hydrogens is 224 g/mol. The molecule has 0 spiro atoms. The summed E-state index contributed by atoms with van der Waals surface area (Å²) in [5.41, 5.74) is 1.93. The molecule has 6 heteroatoms. The molecule has 92 valence electrons. The van der Waals surface area contributed by atoms with Gasteiger partial charge in [-0.15, -0.1) is 0 Å². The lowest BCUT2D eigenvalue weighted by Gasteiger charge is -2.07. The standard InChI is InChI=1S/C11H14N2O4/c1-8(2)7-17-12-11(14)9-5-3-4-6-10(9)13(15)16/h3-6,8H,7H2,1-2H3,(H,12,14). The highest BCUT2D eigenvalue weighted by Gasteiger charge is 2.18. The molecule has 0 saturated heterocycles. The van der Waals surface area contributed by atoms with Gasteiger partial charge in [0.2, 0.25) is 0 Å². The van der Waals surface area contributed by atoms with Gasteiger partial charge in [-0.1, -0.05) is 26.0 Å². The topological polar surface area (TPSA) is 81.5 Å². The summed E-state index contributed by atoms with van der Waals surface area (Å²) < 4.78 is 0. The zero-order valence-corrected chi connectivity index (χ0v) is 9.67. The lowest BCUT2D eigenvalue weighted by molar-refractivity contribution is -0.385. The first-order valence-electron chi connectivity index (χ1n) is 5.18. The predicted molar refractivity (Wildman–Crippen MR) is 61.4 cm³/mol. The number of hydroxylamine groups is 1. The first-order chi connectivity index (χ1) is 8.02. The molecule has 6 nitrogen and oxygen atoms in total. The molecule has 1 aromatic rings. The van der Waals surface area contributed by atoms with Crippen LogP contribution in [0.3, 0.4) is 0 Å². The molecule has 0 aliphatic heterocycles. The fourth-order valence-electron chi connectivity index (χ4n) is 1.15. The average molecular weight is 238 g/mol. The number of benzene rings is 1. The predicted octanol–water partition coefficient (Wildman–Crippen LogP) is 1.91. The Balaban J connectivity index is 2.72. The van der Waals surface area contributed by atoms with E-state index in [2.05, 4.69) is 5.48 Å². The Morgan fingerprint density at radius 1 is 1.47 bits per heavy atom. The van der Waals surface area contributed by atoms with E-state index in [1.54, 1.807) is 6.07 Å². The second kappa shape index (κ2) is 5.95. The number of carbonyl (C=O) groups excluding carboxylic acids is 1. The maximum atomic E-state index is 11.6.